The molecule has 0 radical (unpaired) electrons. The fourth-order valence-electron chi connectivity index (χ4n) is 1.66. The molecule has 0 amide bonds. The van der Waals surface area contributed by atoms with Crippen molar-refractivity contribution in [1.29, 1.82) is 0 Å². The second kappa shape index (κ2) is 6.31. The lowest BCUT2D eigenvalue weighted by Crippen LogP contribution is -2.04. The topological polar surface area (TPSA) is 26.3 Å². The van der Waals surface area contributed by atoms with E-state index in [0.717, 1.165) is 6.08 Å². The Morgan fingerprint density at radius 2 is 1.60 bits per heavy atom. The van der Waals surface area contributed by atoms with Crippen molar-refractivity contribution >= 4 is 40.8 Å². The van der Waals surface area contributed by atoms with Gasteiger partial charge in [-0.05, 0) is 24.3 Å². The molecule has 2 nitrogen and oxygen atoms in total. The fraction of sp³-hybridized carbons (Fsp3) is 0. The molecule has 0 unspecified atom stereocenters. The molecule has 0 saturated heterocycles. The highest BCUT2D eigenvalue weighted by Gasteiger charge is 2.13. The van der Waals surface area contributed by atoms with Gasteiger partial charge in [-0.3, -0.25) is 0 Å². The Labute approximate surface area is 131 Å². The number of esters is 1. The molecule has 0 aliphatic heterocycles. The van der Waals surface area contributed by atoms with Gasteiger partial charge in [-0.15, -0.1) is 0 Å². The van der Waals surface area contributed by atoms with Gasteiger partial charge >= 0.3 is 5.97 Å². The number of halogens is 3. The van der Waals surface area contributed by atoms with Crippen LogP contribution in [0.3, 0.4) is 0 Å². The van der Waals surface area contributed by atoms with E-state index in [1.165, 1.54) is 0 Å². The standard InChI is InChI=1S/C15H9Cl3O2/c1-2-15(19)20-14-8-10(17)4-6-12(14)11-5-3-9(16)7-13(11)18/h2-8H,1H2. The minimum atomic E-state index is -0.571. The van der Waals surface area contributed by atoms with Gasteiger partial charge in [0, 0.05) is 33.3 Å². The maximum atomic E-state index is 11.4. The fourth-order valence-corrected chi connectivity index (χ4v) is 2.33. The Hall–Kier alpha value is -1.48. The number of benzene rings is 2. The van der Waals surface area contributed by atoms with E-state index in [0.29, 0.717) is 31.9 Å². The highest BCUT2D eigenvalue weighted by molar-refractivity contribution is 6.36. The molecule has 20 heavy (non-hydrogen) atoms. The van der Waals surface area contributed by atoms with Crippen LogP contribution in [0.15, 0.2) is 49.1 Å². The molecule has 0 bridgehead atoms. The van der Waals surface area contributed by atoms with Crippen LogP contribution in [0.5, 0.6) is 5.75 Å². The van der Waals surface area contributed by atoms with Crippen molar-refractivity contribution in [3.05, 3.63) is 64.1 Å². The van der Waals surface area contributed by atoms with Crippen LogP contribution in [0.1, 0.15) is 0 Å². The van der Waals surface area contributed by atoms with Gasteiger partial charge in [0.25, 0.3) is 0 Å². The number of hydrogen-bond donors (Lipinski definition) is 0. The van der Waals surface area contributed by atoms with Crippen molar-refractivity contribution < 1.29 is 9.53 Å². The summed E-state index contributed by atoms with van der Waals surface area (Å²) in [5.41, 5.74) is 1.34. The van der Waals surface area contributed by atoms with Gasteiger partial charge < -0.3 is 4.74 Å². The molecule has 2 aromatic carbocycles. The van der Waals surface area contributed by atoms with E-state index in [1.807, 2.05) is 0 Å². The van der Waals surface area contributed by atoms with Crippen molar-refractivity contribution in [2.45, 2.75) is 0 Å². The molecule has 0 aromatic heterocycles. The van der Waals surface area contributed by atoms with Crippen molar-refractivity contribution in [3.63, 3.8) is 0 Å². The number of hydrogen-bond acceptors (Lipinski definition) is 2. The number of rotatable bonds is 3. The van der Waals surface area contributed by atoms with Gasteiger partial charge in [0.15, 0.2) is 0 Å². The van der Waals surface area contributed by atoms with Crippen LogP contribution in [0.4, 0.5) is 0 Å². The van der Waals surface area contributed by atoms with Gasteiger partial charge in [0.2, 0.25) is 0 Å². The van der Waals surface area contributed by atoms with E-state index >= 15 is 0 Å². The van der Waals surface area contributed by atoms with Crippen LogP contribution < -0.4 is 4.74 Å². The normalized spacial score (nSPS) is 10.2. The molecule has 0 fully saturated rings. The predicted octanol–water partition coefficient (Wildman–Crippen LogP) is 5.41. The SMILES string of the molecule is C=CC(=O)Oc1cc(Cl)ccc1-c1ccc(Cl)cc1Cl. The molecule has 0 spiro atoms. The monoisotopic (exact) mass is 326 g/mol. The van der Waals surface area contributed by atoms with Gasteiger partial charge in [-0.1, -0.05) is 47.4 Å². The zero-order valence-electron chi connectivity index (χ0n) is 10.2. The summed E-state index contributed by atoms with van der Waals surface area (Å²) in [6, 6.07) is 10.0. The van der Waals surface area contributed by atoms with Crippen LogP contribution in [0.2, 0.25) is 15.1 Å². The number of ether oxygens (including phenoxy) is 1. The summed E-state index contributed by atoms with van der Waals surface area (Å²) < 4.78 is 5.18. The molecule has 102 valence electrons. The van der Waals surface area contributed by atoms with E-state index < -0.39 is 5.97 Å². The van der Waals surface area contributed by atoms with Crippen LogP contribution in [0.25, 0.3) is 11.1 Å². The minimum Gasteiger partial charge on any atom is -0.423 e. The highest BCUT2D eigenvalue weighted by atomic mass is 35.5. The Bertz CT molecular complexity index is 681. The van der Waals surface area contributed by atoms with Crippen LogP contribution in [-0.2, 0) is 4.79 Å². The number of carbonyl (C=O) groups is 1. The van der Waals surface area contributed by atoms with Gasteiger partial charge in [-0.2, -0.15) is 0 Å². The minimum absolute atomic E-state index is 0.312. The zero-order chi connectivity index (χ0) is 14.7. The van der Waals surface area contributed by atoms with Crippen molar-refractivity contribution in [1.82, 2.24) is 0 Å². The summed E-state index contributed by atoms with van der Waals surface area (Å²) in [5, 5.41) is 1.43. The Kier molecular flexibility index (Phi) is 4.71. The lowest BCUT2D eigenvalue weighted by atomic mass is 10.0. The molecule has 2 aromatic rings. The molecule has 0 heterocycles. The predicted molar refractivity (Wildman–Crippen MR) is 82.7 cm³/mol. The second-order valence-corrected chi connectivity index (χ2v) is 5.17. The third-order valence-corrected chi connectivity index (χ3v) is 3.33. The summed E-state index contributed by atoms with van der Waals surface area (Å²) in [5.74, 6) is -0.259. The summed E-state index contributed by atoms with van der Waals surface area (Å²) >= 11 is 18.0. The van der Waals surface area contributed by atoms with Crippen molar-refractivity contribution in [3.8, 4) is 16.9 Å². The summed E-state index contributed by atoms with van der Waals surface area (Å²) in [6.45, 7) is 3.36. The first-order chi connectivity index (χ1) is 9.51. The second-order valence-electron chi connectivity index (χ2n) is 3.89. The van der Waals surface area contributed by atoms with Crippen molar-refractivity contribution in [2.75, 3.05) is 0 Å². The first kappa shape index (κ1) is 14.9. The van der Waals surface area contributed by atoms with Gasteiger partial charge in [0.05, 0.1) is 5.02 Å². The van der Waals surface area contributed by atoms with E-state index in [4.69, 9.17) is 39.5 Å². The summed E-state index contributed by atoms with van der Waals surface area (Å²) in [6.07, 6.45) is 1.08. The maximum Gasteiger partial charge on any atom is 0.335 e. The zero-order valence-corrected chi connectivity index (χ0v) is 12.5. The average Bonchev–Trinajstić information content (AvgIpc) is 2.40. The van der Waals surface area contributed by atoms with E-state index in [2.05, 4.69) is 6.58 Å². The third kappa shape index (κ3) is 3.34. The Balaban J connectivity index is 2.55. The molecule has 0 aliphatic carbocycles. The van der Waals surface area contributed by atoms with Crippen LogP contribution in [0, 0.1) is 0 Å². The average molecular weight is 328 g/mol. The highest BCUT2D eigenvalue weighted by Crippen LogP contribution is 2.37. The van der Waals surface area contributed by atoms with Crippen molar-refractivity contribution in [2.24, 2.45) is 0 Å². The summed E-state index contributed by atoms with van der Waals surface area (Å²) in [4.78, 5) is 11.4. The molecule has 0 N–H and O–H groups in total. The Morgan fingerprint density at radius 3 is 2.20 bits per heavy atom. The van der Waals surface area contributed by atoms with Gasteiger partial charge in [-0.25, -0.2) is 4.79 Å². The first-order valence-electron chi connectivity index (χ1n) is 5.60. The lowest BCUT2D eigenvalue weighted by Gasteiger charge is -2.11. The third-order valence-electron chi connectivity index (χ3n) is 2.54. The van der Waals surface area contributed by atoms with E-state index in [-0.39, 0.29) is 0 Å². The van der Waals surface area contributed by atoms with E-state index in [9.17, 15) is 4.79 Å². The van der Waals surface area contributed by atoms with Gasteiger partial charge in [0.1, 0.15) is 5.75 Å². The molecular formula is C15H9Cl3O2. The Morgan fingerprint density at radius 1 is 1.00 bits per heavy atom. The smallest absolute Gasteiger partial charge is 0.335 e. The molecule has 0 atom stereocenters. The molecule has 0 aliphatic rings. The summed E-state index contributed by atoms with van der Waals surface area (Å²) in [7, 11) is 0. The molecule has 5 heteroatoms. The molecule has 2 rings (SSSR count). The quantitative estimate of drug-likeness (QED) is 0.428. The lowest BCUT2D eigenvalue weighted by molar-refractivity contribution is -0.128. The largest absolute Gasteiger partial charge is 0.423 e. The molecular weight excluding hydrogens is 319 g/mol. The van der Waals surface area contributed by atoms with Crippen LogP contribution in [-0.4, -0.2) is 5.97 Å². The van der Waals surface area contributed by atoms with E-state index in [1.54, 1.807) is 36.4 Å². The first-order valence-corrected chi connectivity index (χ1v) is 6.74. The molecule has 0 saturated carbocycles. The van der Waals surface area contributed by atoms with Crippen LogP contribution >= 0.6 is 34.8 Å². The number of carbonyl (C=O) groups excluding carboxylic acids is 1. The maximum absolute atomic E-state index is 11.4.